The highest BCUT2D eigenvalue weighted by atomic mass is 16.5. The molecule has 4 aliphatic heterocycles. The van der Waals surface area contributed by atoms with Gasteiger partial charge >= 0.3 is 0 Å². The highest BCUT2D eigenvalue weighted by Gasteiger charge is 2.40. The van der Waals surface area contributed by atoms with Crippen LogP contribution in [0.5, 0.6) is 0 Å². The minimum Gasteiger partial charge on any atom is -0.381 e. The van der Waals surface area contributed by atoms with E-state index in [4.69, 9.17) is 4.74 Å². The Morgan fingerprint density at radius 2 is 1.48 bits per heavy atom. The Morgan fingerprint density at radius 1 is 0.800 bits per heavy atom. The SMILES string of the molecule is CN1[C@H]2CC[C@H]1CC(N1CCN(CCCCC3CCOCC3)CC1)C2. The topological polar surface area (TPSA) is 19.0 Å². The lowest BCUT2D eigenvalue weighted by Crippen LogP contribution is -2.55. The second-order valence-corrected chi connectivity index (χ2v) is 9.10. The third-order valence-corrected chi connectivity index (χ3v) is 7.67. The Kier molecular flexibility index (Phi) is 6.33. The van der Waals surface area contributed by atoms with Crippen LogP contribution in [0.3, 0.4) is 0 Å². The Hall–Kier alpha value is -0.160. The van der Waals surface area contributed by atoms with Gasteiger partial charge in [0.1, 0.15) is 0 Å². The number of piperidine rings is 1. The molecule has 4 aliphatic rings. The van der Waals surface area contributed by atoms with E-state index in [1.165, 1.54) is 90.5 Å². The molecule has 0 saturated carbocycles. The van der Waals surface area contributed by atoms with Gasteiger partial charge in [-0.15, -0.1) is 0 Å². The maximum atomic E-state index is 5.47. The fourth-order valence-corrected chi connectivity index (χ4v) is 5.84. The molecule has 0 N–H and O–H groups in total. The van der Waals surface area contributed by atoms with E-state index in [1.54, 1.807) is 0 Å². The quantitative estimate of drug-likeness (QED) is 0.686. The average Bonchev–Trinajstić information content (AvgIpc) is 2.86. The van der Waals surface area contributed by atoms with Crippen LogP contribution in [0.15, 0.2) is 0 Å². The molecule has 2 atom stereocenters. The molecule has 0 spiro atoms. The van der Waals surface area contributed by atoms with E-state index in [9.17, 15) is 0 Å². The summed E-state index contributed by atoms with van der Waals surface area (Å²) in [6.07, 6.45) is 12.6. The molecule has 0 aromatic rings. The first kappa shape index (κ1) is 18.2. The van der Waals surface area contributed by atoms with Crippen LogP contribution in [0.4, 0.5) is 0 Å². The Balaban J connectivity index is 1.11. The number of ether oxygens (including phenoxy) is 1. The van der Waals surface area contributed by atoms with Gasteiger partial charge < -0.3 is 14.5 Å². The molecule has 144 valence electrons. The van der Waals surface area contributed by atoms with Crippen molar-refractivity contribution < 1.29 is 4.74 Å². The molecule has 0 aliphatic carbocycles. The number of nitrogens with zero attached hydrogens (tertiary/aromatic N) is 3. The van der Waals surface area contributed by atoms with E-state index in [0.717, 1.165) is 37.3 Å². The summed E-state index contributed by atoms with van der Waals surface area (Å²) < 4.78 is 5.47. The molecule has 4 nitrogen and oxygen atoms in total. The fraction of sp³-hybridized carbons (Fsp3) is 1.00. The third kappa shape index (κ3) is 4.58. The summed E-state index contributed by atoms with van der Waals surface area (Å²) in [5.41, 5.74) is 0. The Labute approximate surface area is 154 Å². The molecular formula is C21H39N3O. The van der Waals surface area contributed by atoms with Gasteiger partial charge in [0.2, 0.25) is 0 Å². The zero-order valence-electron chi connectivity index (χ0n) is 16.4. The summed E-state index contributed by atoms with van der Waals surface area (Å²) in [5.74, 6) is 0.949. The maximum absolute atomic E-state index is 5.47. The van der Waals surface area contributed by atoms with E-state index >= 15 is 0 Å². The summed E-state index contributed by atoms with van der Waals surface area (Å²) >= 11 is 0. The van der Waals surface area contributed by atoms with Crippen molar-refractivity contribution in [1.29, 1.82) is 0 Å². The van der Waals surface area contributed by atoms with Gasteiger partial charge in [-0.2, -0.15) is 0 Å². The van der Waals surface area contributed by atoms with Crippen molar-refractivity contribution in [2.24, 2.45) is 5.92 Å². The predicted octanol–water partition coefficient (Wildman–Crippen LogP) is 2.83. The molecule has 4 rings (SSSR count). The highest BCUT2D eigenvalue weighted by Crippen LogP contribution is 2.36. The maximum Gasteiger partial charge on any atom is 0.0468 e. The normalized spacial score (nSPS) is 36.1. The second kappa shape index (κ2) is 8.69. The van der Waals surface area contributed by atoms with Crippen molar-refractivity contribution in [3.05, 3.63) is 0 Å². The van der Waals surface area contributed by atoms with Crippen LogP contribution in [-0.4, -0.2) is 85.8 Å². The zero-order valence-corrected chi connectivity index (χ0v) is 16.4. The summed E-state index contributed by atoms with van der Waals surface area (Å²) in [7, 11) is 2.36. The van der Waals surface area contributed by atoms with Crippen LogP contribution in [0.25, 0.3) is 0 Å². The largest absolute Gasteiger partial charge is 0.381 e. The number of hydrogen-bond acceptors (Lipinski definition) is 4. The van der Waals surface area contributed by atoms with E-state index in [-0.39, 0.29) is 0 Å². The van der Waals surface area contributed by atoms with Crippen LogP contribution >= 0.6 is 0 Å². The molecule has 0 unspecified atom stereocenters. The molecule has 0 aromatic carbocycles. The Bertz CT molecular complexity index is 390. The molecule has 0 amide bonds. The fourth-order valence-electron chi connectivity index (χ4n) is 5.84. The highest BCUT2D eigenvalue weighted by molar-refractivity contribution is 4.97. The minimum absolute atomic E-state index is 0.879. The molecule has 4 saturated heterocycles. The van der Waals surface area contributed by atoms with Crippen molar-refractivity contribution in [1.82, 2.24) is 14.7 Å². The van der Waals surface area contributed by atoms with Crippen LogP contribution in [0.2, 0.25) is 0 Å². The molecule has 4 heterocycles. The van der Waals surface area contributed by atoms with Crippen molar-refractivity contribution in [2.75, 3.05) is 53.0 Å². The van der Waals surface area contributed by atoms with Crippen LogP contribution in [0.1, 0.15) is 57.8 Å². The van der Waals surface area contributed by atoms with Crippen molar-refractivity contribution in [3.63, 3.8) is 0 Å². The lowest BCUT2D eigenvalue weighted by molar-refractivity contribution is 0.0389. The summed E-state index contributed by atoms with van der Waals surface area (Å²) in [4.78, 5) is 8.23. The van der Waals surface area contributed by atoms with Crippen molar-refractivity contribution >= 4 is 0 Å². The first-order valence-electron chi connectivity index (χ1n) is 11.1. The van der Waals surface area contributed by atoms with Crippen molar-refractivity contribution in [3.8, 4) is 0 Å². The lowest BCUT2D eigenvalue weighted by Gasteiger charge is -2.45. The van der Waals surface area contributed by atoms with E-state index < -0.39 is 0 Å². The number of piperazine rings is 1. The summed E-state index contributed by atoms with van der Waals surface area (Å²) in [5, 5.41) is 0. The van der Waals surface area contributed by atoms with Crippen LogP contribution < -0.4 is 0 Å². The number of hydrogen-bond donors (Lipinski definition) is 0. The average molecular weight is 350 g/mol. The number of rotatable bonds is 6. The van der Waals surface area contributed by atoms with Gasteiger partial charge in [-0.05, 0) is 64.5 Å². The Morgan fingerprint density at radius 3 is 2.16 bits per heavy atom. The van der Waals surface area contributed by atoms with Gasteiger partial charge in [0.15, 0.2) is 0 Å². The molecule has 0 aromatic heterocycles. The number of unbranched alkanes of at least 4 members (excludes halogenated alkanes) is 1. The standard InChI is InChI=1S/C21H39N3O/c1-22-19-5-6-20(22)17-21(16-19)24-12-10-23(11-13-24)9-3-2-4-18-7-14-25-15-8-18/h18-21H,2-17H2,1H3/t19-,20-/m0/s1. The van der Waals surface area contributed by atoms with E-state index in [2.05, 4.69) is 21.7 Å². The molecule has 2 bridgehead atoms. The van der Waals surface area contributed by atoms with Crippen LogP contribution in [0, 0.1) is 5.92 Å². The molecule has 4 heteroatoms. The van der Waals surface area contributed by atoms with Crippen molar-refractivity contribution in [2.45, 2.75) is 75.9 Å². The molecule has 0 radical (unpaired) electrons. The summed E-state index contributed by atoms with van der Waals surface area (Å²) in [6, 6.07) is 2.64. The minimum atomic E-state index is 0.879. The zero-order chi connectivity index (χ0) is 17.1. The first-order valence-corrected chi connectivity index (χ1v) is 11.1. The third-order valence-electron chi connectivity index (χ3n) is 7.67. The van der Waals surface area contributed by atoms with Gasteiger partial charge in [0, 0.05) is 57.5 Å². The predicted molar refractivity (Wildman–Crippen MR) is 103 cm³/mol. The van der Waals surface area contributed by atoms with Gasteiger partial charge in [-0.1, -0.05) is 12.8 Å². The smallest absolute Gasteiger partial charge is 0.0468 e. The molecule has 4 fully saturated rings. The van der Waals surface area contributed by atoms with E-state index in [1.807, 2.05) is 0 Å². The van der Waals surface area contributed by atoms with E-state index in [0.29, 0.717) is 0 Å². The second-order valence-electron chi connectivity index (χ2n) is 9.10. The van der Waals surface area contributed by atoms with Gasteiger partial charge in [-0.3, -0.25) is 4.90 Å². The monoisotopic (exact) mass is 349 g/mol. The number of fused-ring (bicyclic) bond motifs is 2. The first-order chi connectivity index (χ1) is 12.3. The van der Waals surface area contributed by atoms with Gasteiger partial charge in [-0.25, -0.2) is 0 Å². The summed E-state index contributed by atoms with van der Waals surface area (Å²) in [6.45, 7) is 8.58. The van der Waals surface area contributed by atoms with Crippen LogP contribution in [-0.2, 0) is 4.74 Å². The van der Waals surface area contributed by atoms with Gasteiger partial charge in [0.25, 0.3) is 0 Å². The molecule has 25 heavy (non-hydrogen) atoms. The lowest BCUT2D eigenvalue weighted by atomic mass is 9.94. The van der Waals surface area contributed by atoms with Gasteiger partial charge in [0.05, 0.1) is 0 Å². The molecular weight excluding hydrogens is 310 g/mol.